The van der Waals surface area contributed by atoms with Gasteiger partial charge in [-0.1, -0.05) is 18.6 Å². The molecule has 1 fully saturated rings. The van der Waals surface area contributed by atoms with Gasteiger partial charge in [0.1, 0.15) is 0 Å². The van der Waals surface area contributed by atoms with Gasteiger partial charge in [-0.15, -0.1) is 0 Å². The standard InChI is InChI=1S/C15H24N2O/c1-17(2)13-6-4-12(5-7-13)14(10-16)15(11-18)8-3-9-15/h4-7,14,18H,3,8-11,16H2,1-2H3/t14-/m0/s1. The van der Waals surface area contributed by atoms with E-state index in [-0.39, 0.29) is 17.9 Å². The van der Waals surface area contributed by atoms with Gasteiger partial charge in [0.05, 0.1) is 0 Å². The Bertz CT molecular complexity index is 376. The predicted molar refractivity (Wildman–Crippen MR) is 75.9 cm³/mol. The molecule has 0 radical (unpaired) electrons. The Morgan fingerprint density at radius 2 is 1.89 bits per heavy atom. The van der Waals surface area contributed by atoms with Crippen molar-refractivity contribution in [1.82, 2.24) is 0 Å². The highest BCUT2D eigenvalue weighted by atomic mass is 16.3. The van der Waals surface area contributed by atoms with Gasteiger partial charge < -0.3 is 15.7 Å². The highest BCUT2D eigenvalue weighted by molar-refractivity contribution is 5.47. The molecule has 0 aromatic heterocycles. The van der Waals surface area contributed by atoms with E-state index in [1.54, 1.807) is 0 Å². The van der Waals surface area contributed by atoms with Crippen LogP contribution in [0.4, 0.5) is 5.69 Å². The van der Waals surface area contributed by atoms with Crippen LogP contribution in [0, 0.1) is 5.41 Å². The minimum absolute atomic E-state index is 0.0361. The van der Waals surface area contributed by atoms with Gasteiger partial charge in [-0.05, 0) is 37.1 Å². The van der Waals surface area contributed by atoms with E-state index < -0.39 is 0 Å². The second-order valence-electron chi connectivity index (χ2n) is 5.65. The normalized spacial score (nSPS) is 19.1. The van der Waals surface area contributed by atoms with Crippen LogP contribution in [0.3, 0.4) is 0 Å². The van der Waals surface area contributed by atoms with Crippen molar-refractivity contribution in [2.45, 2.75) is 25.2 Å². The van der Waals surface area contributed by atoms with Crippen LogP contribution in [0.5, 0.6) is 0 Å². The second kappa shape index (κ2) is 5.29. The van der Waals surface area contributed by atoms with E-state index in [1.807, 2.05) is 14.1 Å². The lowest BCUT2D eigenvalue weighted by molar-refractivity contribution is 0.0192. The fourth-order valence-corrected chi connectivity index (χ4v) is 2.99. The van der Waals surface area contributed by atoms with Crippen molar-refractivity contribution in [2.75, 3.05) is 32.1 Å². The number of aliphatic hydroxyl groups excluding tert-OH is 1. The Labute approximate surface area is 110 Å². The Hall–Kier alpha value is -1.06. The molecule has 1 aliphatic rings. The molecule has 0 heterocycles. The molecular weight excluding hydrogens is 224 g/mol. The number of nitrogens with two attached hydrogens (primary N) is 1. The third kappa shape index (κ3) is 2.25. The number of rotatable bonds is 5. The molecule has 100 valence electrons. The maximum atomic E-state index is 9.68. The fraction of sp³-hybridized carbons (Fsp3) is 0.600. The minimum Gasteiger partial charge on any atom is -0.396 e. The van der Waals surface area contributed by atoms with Crippen molar-refractivity contribution in [3.8, 4) is 0 Å². The molecule has 3 nitrogen and oxygen atoms in total. The van der Waals surface area contributed by atoms with Crippen LogP contribution in [0.15, 0.2) is 24.3 Å². The van der Waals surface area contributed by atoms with E-state index in [0.717, 1.165) is 12.8 Å². The topological polar surface area (TPSA) is 49.5 Å². The summed E-state index contributed by atoms with van der Waals surface area (Å²) in [4.78, 5) is 2.09. The fourth-order valence-electron chi connectivity index (χ4n) is 2.99. The summed E-state index contributed by atoms with van der Waals surface area (Å²) in [6.45, 7) is 0.867. The average Bonchev–Trinajstić information content (AvgIpc) is 2.34. The zero-order valence-electron chi connectivity index (χ0n) is 11.4. The molecule has 1 aliphatic carbocycles. The first kappa shape index (κ1) is 13.4. The van der Waals surface area contributed by atoms with Gasteiger partial charge in [-0.2, -0.15) is 0 Å². The molecule has 0 bridgehead atoms. The second-order valence-corrected chi connectivity index (χ2v) is 5.65. The largest absolute Gasteiger partial charge is 0.396 e. The van der Waals surface area contributed by atoms with Gasteiger partial charge in [0.2, 0.25) is 0 Å². The van der Waals surface area contributed by atoms with Crippen LogP contribution < -0.4 is 10.6 Å². The SMILES string of the molecule is CN(C)c1ccc([C@H](CN)C2(CO)CCC2)cc1. The van der Waals surface area contributed by atoms with Gasteiger partial charge in [-0.25, -0.2) is 0 Å². The summed E-state index contributed by atoms with van der Waals surface area (Å²) in [5, 5.41) is 9.68. The van der Waals surface area contributed by atoms with Crippen LogP contribution in [0.1, 0.15) is 30.7 Å². The molecule has 2 rings (SSSR count). The van der Waals surface area contributed by atoms with Crippen LogP contribution in [-0.2, 0) is 0 Å². The highest BCUT2D eigenvalue weighted by Crippen LogP contribution is 2.50. The molecule has 0 saturated heterocycles. The zero-order valence-corrected chi connectivity index (χ0v) is 11.4. The summed E-state index contributed by atoms with van der Waals surface area (Å²) in [6, 6.07) is 8.56. The molecule has 3 heteroatoms. The lowest BCUT2D eigenvalue weighted by Crippen LogP contribution is -2.42. The maximum Gasteiger partial charge on any atom is 0.0493 e. The van der Waals surface area contributed by atoms with Crippen molar-refractivity contribution in [2.24, 2.45) is 11.1 Å². The molecule has 1 aromatic rings. The van der Waals surface area contributed by atoms with Gasteiger partial charge in [0.25, 0.3) is 0 Å². The van der Waals surface area contributed by atoms with E-state index in [2.05, 4.69) is 29.2 Å². The molecule has 0 spiro atoms. The number of hydrogen-bond acceptors (Lipinski definition) is 3. The number of anilines is 1. The molecule has 18 heavy (non-hydrogen) atoms. The van der Waals surface area contributed by atoms with Gasteiger partial charge in [-0.3, -0.25) is 0 Å². The first-order valence-corrected chi connectivity index (χ1v) is 6.71. The molecule has 0 amide bonds. The average molecular weight is 248 g/mol. The molecule has 1 atom stereocenters. The minimum atomic E-state index is 0.0361. The summed E-state index contributed by atoms with van der Waals surface area (Å²) in [6.07, 6.45) is 3.41. The molecule has 0 unspecified atom stereocenters. The van der Waals surface area contributed by atoms with E-state index in [0.29, 0.717) is 6.54 Å². The number of nitrogens with zero attached hydrogens (tertiary/aromatic N) is 1. The maximum absolute atomic E-state index is 9.68. The number of benzene rings is 1. The van der Waals surface area contributed by atoms with Crippen molar-refractivity contribution in [3.63, 3.8) is 0 Å². The summed E-state index contributed by atoms with van der Waals surface area (Å²) >= 11 is 0. The predicted octanol–water partition coefficient (Wildman–Crippen LogP) is 1.96. The third-order valence-electron chi connectivity index (χ3n) is 4.45. The molecule has 1 saturated carbocycles. The van der Waals surface area contributed by atoms with Crippen molar-refractivity contribution >= 4 is 5.69 Å². The van der Waals surface area contributed by atoms with Gasteiger partial charge >= 0.3 is 0 Å². The molecule has 3 N–H and O–H groups in total. The van der Waals surface area contributed by atoms with Crippen LogP contribution in [0.2, 0.25) is 0 Å². The monoisotopic (exact) mass is 248 g/mol. The highest BCUT2D eigenvalue weighted by Gasteiger charge is 2.43. The Balaban J connectivity index is 2.22. The van der Waals surface area contributed by atoms with E-state index in [1.165, 1.54) is 17.7 Å². The van der Waals surface area contributed by atoms with Crippen LogP contribution >= 0.6 is 0 Å². The van der Waals surface area contributed by atoms with Gasteiger partial charge in [0.15, 0.2) is 0 Å². The zero-order chi connectivity index (χ0) is 13.2. The van der Waals surface area contributed by atoms with Crippen molar-refractivity contribution < 1.29 is 5.11 Å². The molecule has 1 aromatic carbocycles. The quantitative estimate of drug-likeness (QED) is 0.837. The number of aliphatic hydroxyl groups is 1. The summed E-state index contributed by atoms with van der Waals surface area (Å²) < 4.78 is 0. The lowest BCUT2D eigenvalue weighted by atomic mass is 9.60. The van der Waals surface area contributed by atoms with E-state index in [9.17, 15) is 5.11 Å². The Kier molecular flexibility index (Phi) is 3.93. The van der Waals surface area contributed by atoms with Gasteiger partial charge in [0, 0.05) is 37.7 Å². The van der Waals surface area contributed by atoms with E-state index in [4.69, 9.17) is 5.73 Å². The molecular formula is C15H24N2O. The summed E-state index contributed by atoms with van der Waals surface area (Å²) in [5.41, 5.74) is 8.44. The Morgan fingerprint density at radius 3 is 2.22 bits per heavy atom. The first-order valence-electron chi connectivity index (χ1n) is 6.71. The van der Waals surface area contributed by atoms with Crippen molar-refractivity contribution in [1.29, 1.82) is 0 Å². The molecule has 0 aliphatic heterocycles. The third-order valence-corrected chi connectivity index (χ3v) is 4.45. The van der Waals surface area contributed by atoms with Crippen LogP contribution in [-0.4, -0.2) is 32.4 Å². The first-order chi connectivity index (χ1) is 8.63. The smallest absolute Gasteiger partial charge is 0.0493 e. The summed E-state index contributed by atoms with van der Waals surface area (Å²) in [5.74, 6) is 0.285. The van der Waals surface area contributed by atoms with Crippen LogP contribution in [0.25, 0.3) is 0 Å². The Morgan fingerprint density at radius 1 is 1.28 bits per heavy atom. The van der Waals surface area contributed by atoms with Crippen molar-refractivity contribution in [3.05, 3.63) is 29.8 Å². The number of hydrogen-bond donors (Lipinski definition) is 2. The lowest BCUT2D eigenvalue weighted by Gasteiger charge is -2.46. The summed E-state index contributed by atoms with van der Waals surface area (Å²) in [7, 11) is 4.08. The van der Waals surface area contributed by atoms with E-state index >= 15 is 0 Å².